The van der Waals surface area contributed by atoms with Crippen LogP contribution >= 0.6 is 0 Å². The summed E-state index contributed by atoms with van der Waals surface area (Å²) < 4.78 is 33.5. The molecule has 3 rings (SSSR count). The van der Waals surface area contributed by atoms with Crippen molar-refractivity contribution in [3.8, 4) is 5.75 Å². The van der Waals surface area contributed by atoms with Gasteiger partial charge in [0.25, 0.3) is 5.92 Å². The summed E-state index contributed by atoms with van der Waals surface area (Å²) >= 11 is 0. The van der Waals surface area contributed by atoms with Gasteiger partial charge in [0.15, 0.2) is 0 Å². The van der Waals surface area contributed by atoms with E-state index in [0.717, 1.165) is 5.56 Å². The van der Waals surface area contributed by atoms with Crippen molar-refractivity contribution < 1.29 is 13.5 Å². The topological polar surface area (TPSA) is 21.3 Å². The second kappa shape index (κ2) is 6.44. The van der Waals surface area contributed by atoms with Crippen molar-refractivity contribution in [1.29, 1.82) is 0 Å². The summed E-state index contributed by atoms with van der Waals surface area (Å²) in [4.78, 5) is 0. The van der Waals surface area contributed by atoms with Crippen molar-refractivity contribution in [2.45, 2.75) is 24.9 Å². The lowest BCUT2D eigenvalue weighted by molar-refractivity contribution is -0.0420. The van der Waals surface area contributed by atoms with E-state index in [-0.39, 0.29) is 6.54 Å². The Balaban J connectivity index is 1.65. The minimum atomic E-state index is -2.69. The van der Waals surface area contributed by atoms with Crippen LogP contribution in [0.1, 0.15) is 23.5 Å². The molecule has 1 atom stereocenters. The maximum absolute atomic E-state index is 13.9. The first kappa shape index (κ1) is 15.0. The number of piperidine rings is 1. The average molecular weight is 303 g/mol. The van der Waals surface area contributed by atoms with Gasteiger partial charge in [0.05, 0.1) is 12.5 Å². The Morgan fingerprint density at radius 3 is 2.45 bits per heavy atom. The molecule has 0 spiro atoms. The van der Waals surface area contributed by atoms with Gasteiger partial charge in [-0.3, -0.25) is 0 Å². The van der Waals surface area contributed by atoms with Crippen LogP contribution in [0, 0.1) is 0 Å². The van der Waals surface area contributed by atoms with Crippen molar-refractivity contribution in [2.75, 3.05) is 13.1 Å². The lowest BCUT2D eigenvalue weighted by atomic mass is 9.87. The number of halogens is 2. The van der Waals surface area contributed by atoms with Crippen molar-refractivity contribution >= 4 is 0 Å². The van der Waals surface area contributed by atoms with Crippen LogP contribution in [0.2, 0.25) is 0 Å². The highest BCUT2D eigenvalue weighted by atomic mass is 19.3. The molecule has 2 aromatic rings. The Morgan fingerprint density at radius 2 is 1.77 bits per heavy atom. The van der Waals surface area contributed by atoms with Crippen LogP contribution in [0.5, 0.6) is 5.75 Å². The Morgan fingerprint density at radius 1 is 1.05 bits per heavy atom. The highest BCUT2D eigenvalue weighted by molar-refractivity contribution is 5.31. The van der Waals surface area contributed by atoms with Crippen LogP contribution < -0.4 is 10.1 Å². The van der Waals surface area contributed by atoms with Gasteiger partial charge in [0.1, 0.15) is 12.4 Å². The van der Waals surface area contributed by atoms with Gasteiger partial charge in [-0.25, -0.2) is 8.78 Å². The molecule has 2 aromatic carbocycles. The molecule has 0 aliphatic carbocycles. The molecule has 4 heteroatoms. The summed E-state index contributed by atoms with van der Waals surface area (Å²) in [6.45, 7) is 0.861. The maximum atomic E-state index is 13.9. The Bertz CT molecular complexity index is 598. The van der Waals surface area contributed by atoms with E-state index in [1.807, 2.05) is 30.3 Å². The number of benzene rings is 2. The van der Waals surface area contributed by atoms with E-state index in [2.05, 4.69) is 5.32 Å². The highest BCUT2D eigenvalue weighted by Crippen LogP contribution is 2.38. The zero-order valence-electron chi connectivity index (χ0n) is 12.3. The molecule has 0 aromatic heterocycles. The molecular formula is C18H19F2NO. The third kappa shape index (κ3) is 3.45. The fraction of sp³-hybridized carbons (Fsp3) is 0.333. The standard InChI is InChI=1S/C18H19F2NO/c19-18(20)13-21-11-10-17(18)15-6-8-16(9-7-15)22-12-14-4-2-1-3-5-14/h1-9,17,21H,10-13H2/t17-/m1/s1. The van der Waals surface area contributed by atoms with Crippen LogP contribution in [0.25, 0.3) is 0 Å². The van der Waals surface area contributed by atoms with Crippen molar-refractivity contribution in [2.24, 2.45) is 0 Å². The summed E-state index contributed by atoms with van der Waals surface area (Å²) in [5.41, 5.74) is 1.76. The molecule has 1 N–H and O–H groups in total. The molecule has 116 valence electrons. The summed E-state index contributed by atoms with van der Waals surface area (Å²) in [5, 5.41) is 2.75. The quantitative estimate of drug-likeness (QED) is 0.922. The number of hydrogen-bond donors (Lipinski definition) is 1. The zero-order chi connectivity index (χ0) is 15.4. The molecule has 22 heavy (non-hydrogen) atoms. The minimum absolute atomic E-state index is 0.246. The second-order valence-electron chi connectivity index (χ2n) is 5.62. The number of nitrogens with one attached hydrogen (secondary N) is 1. The molecule has 0 saturated carbocycles. The van der Waals surface area contributed by atoms with E-state index in [1.54, 1.807) is 24.3 Å². The summed E-state index contributed by atoms with van der Waals surface area (Å²) in [5.74, 6) is -2.70. The van der Waals surface area contributed by atoms with Crippen molar-refractivity contribution in [3.63, 3.8) is 0 Å². The van der Waals surface area contributed by atoms with Gasteiger partial charge in [-0.1, -0.05) is 42.5 Å². The van der Waals surface area contributed by atoms with Crippen LogP contribution in [0.15, 0.2) is 54.6 Å². The zero-order valence-corrected chi connectivity index (χ0v) is 12.3. The SMILES string of the molecule is FC1(F)CNCC[C@@H]1c1ccc(OCc2ccccc2)cc1. The average Bonchev–Trinajstić information content (AvgIpc) is 2.54. The molecule has 2 nitrogen and oxygen atoms in total. The van der Waals surface area contributed by atoms with E-state index in [1.165, 1.54) is 0 Å². The monoisotopic (exact) mass is 303 g/mol. The summed E-state index contributed by atoms with van der Waals surface area (Å²) in [7, 11) is 0. The molecule has 0 amide bonds. The lowest BCUT2D eigenvalue weighted by Gasteiger charge is -2.32. The van der Waals surface area contributed by atoms with Gasteiger partial charge in [0.2, 0.25) is 0 Å². The van der Waals surface area contributed by atoms with Crippen LogP contribution in [-0.2, 0) is 6.61 Å². The molecular weight excluding hydrogens is 284 g/mol. The van der Waals surface area contributed by atoms with Gasteiger partial charge in [0, 0.05) is 0 Å². The van der Waals surface area contributed by atoms with E-state index < -0.39 is 11.8 Å². The molecule has 1 aliphatic heterocycles. The molecule has 0 radical (unpaired) electrons. The predicted molar refractivity (Wildman–Crippen MR) is 82.4 cm³/mol. The van der Waals surface area contributed by atoms with Crippen LogP contribution in [0.3, 0.4) is 0 Å². The first-order valence-corrected chi connectivity index (χ1v) is 7.50. The second-order valence-corrected chi connectivity index (χ2v) is 5.62. The fourth-order valence-corrected chi connectivity index (χ4v) is 2.78. The third-order valence-electron chi connectivity index (χ3n) is 4.01. The highest BCUT2D eigenvalue weighted by Gasteiger charge is 2.42. The van der Waals surface area contributed by atoms with Crippen LogP contribution in [-0.4, -0.2) is 19.0 Å². The Hall–Kier alpha value is -1.94. The Labute approximate surface area is 129 Å². The summed E-state index contributed by atoms with van der Waals surface area (Å²) in [6, 6.07) is 16.9. The number of ether oxygens (including phenoxy) is 1. The first-order valence-electron chi connectivity index (χ1n) is 7.50. The largest absolute Gasteiger partial charge is 0.489 e. The van der Waals surface area contributed by atoms with E-state index >= 15 is 0 Å². The normalized spacial score (nSPS) is 20.5. The number of hydrogen-bond acceptors (Lipinski definition) is 2. The predicted octanol–water partition coefficient (Wildman–Crippen LogP) is 3.98. The van der Waals surface area contributed by atoms with Gasteiger partial charge in [-0.05, 0) is 36.2 Å². The number of alkyl halides is 2. The van der Waals surface area contributed by atoms with E-state index in [0.29, 0.717) is 30.9 Å². The number of rotatable bonds is 4. The molecule has 1 saturated heterocycles. The molecule has 1 heterocycles. The van der Waals surface area contributed by atoms with E-state index in [9.17, 15) is 8.78 Å². The minimum Gasteiger partial charge on any atom is -0.489 e. The van der Waals surface area contributed by atoms with Gasteiger partial charge in [-0.15, -0.1) is 0 Å². The van der Waals surface area contributed by atoms with Gasteiger partial charge >= 0.3 is 0 Å². The van der Waals surface area contributed by atoms with Crippen molar-refractivity contribution in [1.82, 2.24) is 5.32 Å². The molecule has 1 aliphatic rings. The summed E-state index contributed by atoms with van der Waals surface area (Å²) in [6.07, 6.45) is 0.456. The molecule has 0 unspecified atom stereocenters. The van der Waals surface area contributed by atoms with Crippen molar-refractivity contribution in [3.05, 3.63) is 65.7 Å². The van der Waals surface area contributed by atoms with Crippen LogP contribution in [0.4, 0.5) is 8.78 Å². The lowest BCUT2D eigenvalue weighted by Crippen LogP contribution is -2.44. The fourth-order valence-electron chi connectivity index (χ4n) is 2.78. The smallest absolute Gasteiger partial charge is 0.267 e. The Kier molecular flexibility index (Phi) is 4.39. The van der Waals surface area contributed by atoms with Gasteiger partial charge in [-0.2, -0.15) is 0 Å². The molecule has 1 fully saturated rings. The maximum Gasteiger partial charge on any atom is 0.267 e. The molecule has 0 bridgehead atoms. The first-order chi connectivity index (χ1) is 10.6. The third-order valence-corrected chi connectivity index (χ3v) is 4.01. The van der Waals surface area contributed by atoms with E-state index in [4.69, 9.17) is 4.74 Å². The van der Waals surface area contributed by atoms with Gasteiger partial charge < -0.3 is 10.1 Å².